The van der Waals surface area contributed by atoms with Crippen molar-refractivity contribution in [2.24, 2.45) is 0 Å². The number of unbranched alkanes of at least 4 members (excludes halogenated alkanes) is 1. The van der Waals surface area contributed by atoms with Gasteiger partial charge >= 0.3 is 0 Å². The van der Waals surface area contributed by atoms with E-state index in [0.29, 0.717) is 5.56 Å². The van der Waals surface area contributed by atoms with E-state index in [-0.39, 0.29) is 22.3 Å². The van der Waals surface area contributed by atoms with E-state index in [0.717, 1.165) is 19.3 Å². The maximum Gasteiger partial charge on any atom is 0.270 e. The second kappa shape index (κ2) is 7.59. The van der Waals surface area contributed by atoms with Crippen LogP contribution < -0.4 is 0 Å². The van der Waals surface area contributed by atoms with Crippen molar-refractivity contribution in [3.8, 4) is 5.75 Å². The summed E-state index contributed by atoms with van der Waals surface area (Å²) in [4.78, 5) is 12.3. The van der Waals surface area contributed by atoms with Gasteiger partial charge in [-0.2, -0.15) is 0 Å². The minimum absolute atomic E-state index is 0.00440. The molecular formula is C14H21BrN2O3. The van der Waals surface area contributed by atoms with E-state index in [1.807, 2.05) is 14.1 Å². The number of nitro groups is 1. The summed E-state index contributed by atoms with van der Waals surface area (Å²) >= 11 is 3.59. The van der Waals surface area contributed by atoms with Crippen LogP contribution in [0.2, 0.25) is 0 Å². The molecule has 0 bridgehead atoms. The molecule has 1 aromatic carbocycles. The monoisotopic (exact) mass is 344 g/mol. The molecule has 0 heterocycles. The van der Waals surface area contributed by atoms with E-state index in [9.17, 15) is 15.2 Å². The maximum atomic E-state index is 10.9. The number of non-ortho nitro benzene ring substituents is 1. The second-order valence-corrected chi connectivity index (χ2v) is 6.06. The van der Waals surface area contributed by atoms with E-state index < -0.39 is 4.92 Å². The molecule has 0 amide bonds. The molecule has 0 saturated carbocycles. The molecule has 0 spiro atoms. The quantitative estimate of drug-likeness (QED) is 0.463. The molecule has 5 nitrogen and oxygen atoms in total. The molecule has 1 rings (SSSR count). The topological polar surface area (TPSA) is 66.6 Å². The molecule has 2 atom stereocenters. The molecule has 1 aromatic rings. The fourth-order valence-electron chi connectivity index (χ4n) is 2.16. The molecule has 0 aromatic heterocycles. The molecular weight excluding hydrogens is 324 g/mol. The van der Waals surface area contributed by atoms with Gasteiger partial charge in [-0.25, -0.2) is 0 Å². The van der Waals surface area contributed by atoms with Crippen molar-refractivity contribution in [3.63, 3.8) is 0 Å². The molecule has 0 aliphatic heterocycles. The Morgan fingerprint density at radius 3 is 2.60 bits per heavy atom. The van der Waals surface area contributed by atoms with Crippen molar-refractivity contribution in [2.75, 3.05) is 14.1 Å². The third-order valence-corrected chi connectivity index (χ3v) is 4.48. The van der Waals surface area contributed by atoms with E-state index in [1.54, 1.807) is 0 Å². The van der Waals surface area contributed by atoms with Gasteiger partial charge in [0.05, 0.1) is 9.75 Å². The van der Waals surface area contributed by atoms with Crippen molar-refractivity contribution >= 4 is 21.6 Å². The molecule has 0 aliphatic rings. The van der Waals surface area contributed by atoms with E-state index in [2.05, 4.69) is 27.8 Å². The first-order chi connectivity index (χ1) is 9.38. The standard InChI is InChI=1S/C14H21BrN2O3/c1-4-5-6-12(16(2)3)14(15)11-9-10(17(19)20)7-8-13(11)18/h7-9,12,14,18H,4-6H2,1-3H3. The van der Waals surface area contributed by atoms with Crippen molar-refractivity contribution in [2.45, 2.75) is 37.1 Å². The Kier molecular flexibility index (Phi) is 6.42. The highest BCUT2D eigenvalue weighted by molar-refractivity contribution is 9.09. The van der Waals surface area contributed by atoms with Crippen molar-refractivity contribution in [1.82, 2.24) is 4.90 Å². The number of phenolic OH excluding ortho intramolecular Hbond substituents is 1. The number of phenols is 1. The number of hydrogen-bond acceptors (Lipinski definition) is 4. The van der Waals surface area contributed by atoms with Crippen molar-refractivity contribution in [3.05, 3.63) is 33.9 Å². The van der Waals surface area contributed by atoms with Crippen molar-refractivity contribution in [1.29, 1.82) is 0 Å². The number of halogens is 1. The fourth-order valence-corrected chi connectivity index (χ4v) is 3.27. The highest BCUT2D eigenvalue weighted by Crippen LogP contribution is 2.38. The van der Waals surface area contributed by atoms with Gasteiger partial charge < -0.3 is 10.0 Å². The number of likely N-dealkylation sites (N-methyl/N-ethyl adjacent to an activating group) is 1. The Hall–Kier alpha value is -1.14. The van der Waals surface area contributed by atoms with Gasteiger partial charge in [-0.05, 0) is 26.6 Å². The van der Waals surface area contributed by atoms with E-state index >= 15 is 0 Å². The van der Waals surface area contributed by atoms with Gasteiger partial charge in [0.1, 0.15) is 5.75 Å². The number of nitrogens with zero attached hydrogens (tertiary/aromatic N) is 2. The summed E-state index contributed by atoms with van der Waals surface area (Å²) < 4.78 is 0. The van der Waals surface area contributed by atoms with Gasteiger partial charge in [-0.1, -0.05) is 35.7 Å². The van der Waals surface area contributed by atoms with Crippen LogP contribution in [0.25, 0.3) is 0 Å². The lowest BCUT2D eigenvalue weighted by Crippen LogP contribution is -2.31. The first kappa shape index (κ1) is 16.9. The summed E-state index contributed by atoms with van der Waals surface area (Å²) in [6.45, 7) is 2.13. The predicted octanol–water partition coefficient (Wildman–Crippen LogP) is 3.86. The van der Waals surface area contributed by atoms with Gasteiger partial charge in [0.15, 0.2) is 0 Å². The second-order valence-electron chi connectivity index (χ2n) is 5.08. The number of benzene rings is 1. The fraction of sp³-hybridized carbons (Fsp3) is 0.571. The summed E-state index contributed by atoms with van der Waals surface area (Å²) in [6, 6.07) is 4.31. The van der Waals surface area contributed by atoms with Gasteiger partial charge in [-0.15, -0.1) is 0 Å². The molecule has 0 radical (unpaired) electrons. The van der Waals surface area contributed by atoms with Crippen LogP contribution in [0, 0.1) is 10.1 Å². The van der Waals surface area contributed by atoms with Crippen LogP contribution in [0.3, 0.4) is 0 Å². The lowest BCUT2D eigenvalue weighted by atomic mass is 9.99. The molecule has 2 unspecified atom stereocenters. The molecule has 6 heteroatoms. The Labute approximate surface area is 127 Å². The minimum atomic E-state index is -0.445. The molecule has 0 saturated heterocycles. The van der Waals surface area contributed by atoms with Crippen LogP contribution in [-0.2, 0) is 0 Å². The SMILES string of the molecule is CCCCC(C(Br)c1cc([N+](=O)[O-])ccc1O)N(C)C. The van der Waals surface area contributed by atoms with E-state index in [1.165, 1.54) is 18.2 Å². The van der Waals surface area contributed by atoms with Gasteiger partial charge in [-0.3, -0.25) is 10.1 Å². The maximum absolute atomic E-state index is 10.9. The number of hydrogen-bond donors (Lipinski definition) is 1. The number of nitro benzene ring substituents is 1. The predicted molar refractivity (Wildman–Crippen MR) is 83.4 cm³/mol. The average molecular weight is 345 g/mol. The molecule has 20 heavy (non-hydrogen) atoms. The largest absolute Gasteiger partial charge is 0.508 e. The lowest BCUT2D eigenvalue weighted by molar-refractivity contribution is -0.384. The zero-order valence-electron chi connectivity index (χ0n) is 12.0. The van der Waals surface area contributed by atoms with Crippen LogP contribution in [-0.4, -0.2) is 35.1 Å². The highest BCUT2D eigenvalue weighted by Gasteiger charge is 2.26. The summed E-state index contributed by atoms with van der Waals surface area (Å²) in [5.41, 5.74) is 0.559. The Balaban J connectivity index is 3.06. The van der Waals surface area contributed by atoms with Gasteiger partial charge in [0.2, 0.25) is 0 Å². The first-order valence-electron chi connectivity index (χ1n) is 6.66. The van der Waals surface area contributed by atoms with Gasteiger partial charge in [0, 0.05) is 23.7 Å². The van der Waals surface area contributed by atoms with Crippen LogP contribution >= 0.6 is 15.9 Å². The number of rotatable bonds is 7. The summed E-state index contributed by atoms with van der Waals surface area (Å²) in [6.07, 6.45) is 3.12. The number of alkyl halides is 1. The molecule has 1 N–H and O–H groups in total. The van der Waals surface area contributed by atoms with Gasteiger partial charge in [0.25, 0.3) is 5.69 Å². The third-order valence-electron chi connectivity index (χ3n) is 3.37. The van der Waals surface area contributed by atoms with Crippen LogP contribution in [0.5, 0.6) is 5.75 Å². The van der Waals surface area contributed by atoms with Crippen molar-refractivity contribution < 1.29 is 10.0 Å². The third kappa shape index (κ3) is 4.18. The van der Waals surface area contributed by atoms with Crippen LogP contribution in [0.15, 0.2) is 18.2 Å². The molecule has 112 valence electrons. The average Bonchev–Trinajstić information content (AvgIpc) is 2.38. The zero-order valence-corrected chi connectivity index (χ0v) is 13.6. The Morgan fingerprint density at radius 1 is 1.45 bits per heavy atom. The Bertz CT molecular complexity index is 466. The number of aromatic hydroxyl groups is 1. The summed E-state index contributed by atoms with van der Waals surface area (Å²) in [7, 11) is 3.95. The summed E-state index contributed by atoms with van der Waals surface area (Å²) in [5, 5.41) is 20.8. The highest BCUT2D eigenvalue weighted by atomic mass is 79.9. The van der Waals surface area contributed by atoms with E-state index in [4.69, 9.17) is 0 Å². The zero-order chi connectivity index (χ0) is 15.3. The lowest BCUT2D eigenvalue weighted by Gasteiger charge is -2.29. The van der Waals surface area contributed by atoms with Crippen LogP contribution in [0.4, 0.5) is 5.69 Å². The minimum Gasteiger partial charge on any atom is -0.508 e. The Morgan fingerprint density at radius 2 is 2.10 bits per heavy atom. The summed E-state index contributed by atoms with van der Waals surface area (Å²) in [5.74, 6) is 0.0841. The van der Waals surface area contributed by atoms with Crippen LogP contribution in [0.1, 0.15) is 36.6 Å². The molecule has 0 fully saturated rings. The molecule has 0 aliphatic carbocycles. The normalized spacial score (nSPS) is 14.2. The smallest absolute Gasteiger partial charge is 0.270 e. The first-order valence-corrected chi connectivity index (χ1v) is 7.57.